The molecule has 182 valence electrons. The highest BCUT2D eigenvalue weighted by molar-refractivity contribution is 7.18. The Labute approximate surface area is 212 Å². The molecule has 2 amide bonds. The molecule has 1 aliphatic rings. The Morgan fingerprint density at radius 1 is 0.944 bits per heavy atom. The first-order valence-corrected chi connectivity index (χ1v) is 12.4. The van der Waals surface area contributed by atoms with E-state index in [1.165, 1.54) is 11.3 Å². The van der Waals surface area contributed by atoms with E-state index in [0.29, 0.717) is 33.6 Å². The molecule has 5 rings (SSSR count). The van der Waals surface area contributed by atoms with Crippen molar-refractivity contribution in [1.29, 1.82) is 0 Å². The van der Waals surface area contributed by atoms with Gasteiger partial charge in [-0.2, -0.15) is 0 Å². The van der Waals surface area contributed by atoms with Gasteiger partial charge in [0.15, 0.2) is 11.5 Å². The summed E-state index contributed by atoms with van der Waals surface area (Å²) >= 11 is 1.24. The van der Waals surface area contributed by atoms with Crippen molar-refractivity contribution in [1.82, 2.24) is 15.5 Å². The first-order valence-electron chi connectivity index (χ1n) is 11.6. The van der Waals surface area contributed by atoms with Gasteiger partial charge in [0, 0.05) is 17.5 Å². The summed E-state index contributed by atoms with van der Waals surface area (Å²) in [7, 11) is 0. The van der Waals surface area contributed by atoms with Gasteiger partial charge in [0.05, 0.1) is 0 Å². The third-order valence-electron chi connectivity index (χ3n) is 5.80. The summed E-state index contributed by atoms with van der Waals surface area (Å²) in [4.78, 5) is 26.2. The van der Waals surface area contributed by atoms with Gasteiger partial charge in [-0.25, -0.2) is 0 Å². The number of nitrogens with zero attached hydrogens (tertiary/aromatic N) is 2. The molecular formula is C27H24N4O4S. The van der Waals surface area contributed by atoms with E-state index in [1.54, 1.807) is 12.1 Å². The van der Waals surface area contributed by atoms with Crippen molar-refractivity contribution in [3.8, 4) is 22.1 Å². The van der Waals surface area contributed by atoms with Gasteiger partial charge in [0.25, 0.3) is 5.91 Å². The molecule has 36 heavy (non-hydrogen) atoms. The normalized spacial score (nSPS) is 12.7. The van der Waals surface area contributed by atoms with Gasteiger partial charge in [-0.3, -0.25) is 14.9 Å². The van der Waals surface area contributed by atoms with Crippen LogP contribution < -0.4 is 20.1 Å². The zero-order valence-electron chi connectivity index (χ0n) is 19.6. The van der Waals surface area contributed by atoms with Crippen LogP contribution in [-0.2, 0) is 17.6 Å². The number of ether oxygens (including phenoxy) is 2. The zero-order chi connectivity index (χ0) is 24.9. The molecule has 8 nitrogen and oxygen atoms in total. The number of fused-ring (bicyclic) bond motifs is 1. The van der Waals surface area contributed by atoms with Crippen molar-refractivity contribution in [2.45, 2.75) is 25.8 Å². The van der Waals surface area contributed by atoms with Gasteiger partial charge in [-0.15, -0.1) is 10.2 Å². The predicted molar refractivity (Wildman–Crippen MR) is 137 cm³/mol. The van der Waals surface area contributed by atoms with Crippen LogP contribution in [0.5, 0.6) is 11.5 Å². The van der Waals surface area contributed by atoms with Gasteiger partial charge in [-0.05, 0) is 47.9 Å². The fourth-order valence-corrected chi connectivity index (χ4v) is 4.55. The van der Waals surface area contributed by atoms with Crippen LogP contribution in [-0.4, -0.2) is 34.8 Å². The molecule has 0 aliphatic carbocycles. The Bertz CT molecular complexity index is 1370. The van der Waals surface area contributed by atoms with Crippen molar-refractivity contribution in [3.05, 3.63) is 89.5 Å². The predicted octanol–water partition coefficient (Wildman–Crippen LogP) is 4.48. The highest BCUT2D eigenvalue weighted by Crippen LogP contribution is 2.37. The number of aryl methyl sites for hydroxylation is 1. The highest BCUT2D eigenvalue weighted by atomic mass is 32.1. The van der Waals surface area contributed by atoms with Crippen molar-refractivity contribution in [3.63, 3.8) is 0 Å². The quantitative estimate of drug-likeness (QED) is 0.370. The summed E-state index contributed by atoms with van der Waals surface area (Å²) in [6.07, 6.45) is 1.22. The third kappa shape index (κ3) is 5.36. The molecule has 1 atom stereocenters. The van der Waals surface area contributed by atoms with Gasteiger partial charge in [-0.1, -0.05) is 60.7 Å². The lowest BCUT2D eigenvalue weighted by Gasteiger charge is -2.18. The number of carbonyl (C=O) groups is 2. The van der Waals surface area contributed by atoms with Crippen molar-refractivity contribution in [2.24, 2.45) is 0 Å². The second-order valence-electron chi connectivity index (χ2n) is 8.24. The molecule has 1 aromatic heterocycles. The number of amides is 2. The second-order valence-corrected chi connectivity index (χ2v) is 9.21. The van der Waals surface area contributed by atoms with Crippen molar-refractivity contribution < 1.29 is 19.1 Å². The van der Waals surface area contributed by atoms with Gasteiger partial charge < -0.3 is 14.8 Å². The molecule has 4 aromatic rings. The maximum atomic E-state index is 13.3. The fourth-order valence-electron chi connectivity index (χ4n) is 3.80. The SMILES string of the molecule is CCc1ccc(C(=O)NC(Cc2ccccc2)C(=O)Nc2nnc(-c3ccc4c(c3)OCO4)s2)cc1. The van der Waals surface area contributed by atoms with E-state index in [9.17, 15) is 9.59 Å². The van der Waals surface area contributed by atoms with Gasteiger partial charge >= 0.3 is 0 Å². The smallest absolute Gasteiger partial charge is 0.251 e. The number of anilines is 1. The molecule has 2 heterocycles. The van der Waals surface area contributed by atoms with E-state index in [1.807, 2.05) is 60.7 Å². The number of rotatable bonds is 8. The maximum Gasteiger partial charge on any atom is 0.251 e. The minimum Gasteiger partial charge on any atom is -0.454 e. The molecule has 0 saturated heterocycles. The minimum atomic E-state index is -0.802. The van der Waals surface area contributed by atoms with Crippen LogP contribution in [0, 0.1) is 0 Å². The van der Waals surface area contributed by atoms with Crippen LogP contribution in [0.1, 0.15) is 28.4 Å². The zero-order valence-corrected chi connectivity index (χ0v) is 20.4. The van der Waals surface area contributed by atoms with Crippen LogP contribution in [0.3, 0.4) is 0 Å². The lowest BCUT2D eigenvalue weighted by molar-refractivity contribution is -0.118. The second kappa shape index (κ2) is 10.6. The van der Waals surface area contributed by atoms with Crippen LogP contribution in [0.2, 0.25) is 0 Å². The molecule has 0 fully saturated rings. The molecule has 0 radical (unpaired) electrons. The van der Waals surface area contributed by atoms with Crippen LogP contribution >= 0.6 is 11.3 Å². The highest BCUT2D eigenvalue weighted by Gasteiger charge is 2.24. The number of carbonyl (C=O) groups excluding carboxylic acids is 2. The largest absolute Gasteiger partial charge is 0.454 e. The molecule has 0 bridgehead atoms. The fraction of sp³-hybridized carbons (Fsp3) is 0.185. The Hall–Kier alpha value is -4.24. The Balaban J connectivity index is 1.32. The average Bonchev–Trinajstić information content (AvgIpc) is 3.58. The third-order valence-corrected chi connectivity index (χ3v) is 6.69. The topological polar surface area (TPSA) is 102 Å². The van der Waals surface area contributed by atoms with E-state index in [-0.39, 0.29) is 18.6 Å². The summed E-state index contributed by atoms with van der Waals surface area (Å²) < 4.78 is 10.8. The van der Waals surface area contributed by atoms with Crippen molar-refractivity contribution >= 4 is 28.3 Å². The summed E-state index contributed by atoms with van der Waals surface area (Å²) in [6.45, 7) is 2.24. The molecular weight excluding hydrogens is 476 g/mol. The first kappa shape index (κ1) is 23.5. The summed E-state index contributed by atoms with van der Waals surface area (Å²) in [5.41, 5.74) is 3.37. The monoisotopic (exact) mass is 500 g/mol. The van der Waals surface area contributed by atoms with Crippen LogP contribution in [0.25, 0.3) is 10.6 Å². The average molecular weight is 501 g/mol. The van der Waals surface area contributed by atoms with E-state index in [4.69, 9.17) is 9.47 Å². The number of nitrogens with one attached hydrogen (secondary N) is 2. The van der Waals surface area contributed by atoms with Crippen molar-refractivity contribution in [2.75, 3.05) is 12.1 Å². The number of hydrogen-bond acceptors (Lipinski definition) is 7. The van der Waals surface area contributed by atoms with E-state index < -0.39 is 6.04 Å². The molecule has 1 aliphatic heterocycles. The molecule has 3 aromatic carbocycles. The molecule has 1 unspecified atom stereocenters. The van der Waals surface area contributed by atoms with Crippen LogP contribution in [0.4, 0.5) is 5.13 Å². The summed E-state index contributed by atoms with van der Waals surface area (Å²) in [6, 6.07) is 21.6. The summed E-state index contributed by atoms with van der Waals surface area (Å²) in [5, 5.41) is 15.0. The Kier molecular flexibility index (Phi) is 6.90. The number of benzene rings is 3. The molecule has 9 heteroatoms. The Morgan fingerprint density at radius 3 is 2.50 bits per heavy atom. The molecule has 0 saturated carbocycles. The van der Waals surface area contributed by atoms with E-state index in [2.05, 4.69) is 27.8 Å². The summed E-state index contributed by atoms with van der Waals surface area (Å²) in [5.74, 6) is 0.643. The number of aromatic nitrogens is 2. The van der Waals surface area contributed by atoms with Gasteiger partial charge in [0.1, 0.15) is 11.0 Å². The Morgan fingerprint density at radius 2 is 1.72 bits per heavy atom. The van der Waals surface area contributed by atoms with E-state index >= 15 is 0 Å². The maximum absolute atomic E-state index is 13.3. The van der Waals surface area contributed by atoms with Gasteiger partial charge in [0.2, 0.25) is 17.8 Å². The lowest BCUT2D eigenvalue weighted by Crippen LogP contribution is -2.45. The lowest BCUT2D eigenvalue weighted by atomic mass is 10.0. The standard InChI is InChI=1S/C27H24N4O4S/c1-2-17-8-10-19(11-9-17)24(32)28-21(14-18-6-4-3-5-7-18)25(33)29-27-31-30-26(36-27)20-12-13-22-23(15-20)35-16-34-22/h3-13,15,21H,2,14,16H2,1H3,(H,28,32)(H,29,31,33). The first-order chi connectivity index (χ1) is 17.6. The number of hydrogen-bond donors (Lipinski definition) is 2. The minimum absolute atomic E-state index is 0.188. The molecule has 2 N–H and O–H groups in total. The van der Waals surface area contributed by atoms with E-state index in [0.717, 1.165) is 23.1 Å². The van der Waals surface area contributed by atoms with Crippen LogP contribution in [0.15, 0.2) is 72.8 Å². The molecule has 0 spiro atoms.